The van der Waals surface area contributed by atoms with Crippen molar-refractivity contribution in [2.24, 2.45) is 0 Å². The Morgan fingerprint density at radius 2 is 1.83 bits per heavy atom. The van der Waals surface area contributed by atoms with Crippen molar-refractivity contribution in [3.05, 3.63) is 46.8 Å². The van der Waals surface area contributed by atoms with E-state index < -0.39 is 0 Å². The summed E-state index contributed by atoms with van der Waals surface area (Å²) in [5.74, 6) is 0.0110. The molecule has 1 heterocycles. The predicted octanol–water partition coefficient (Wildman–Crippen LogP) is 3.36. The molecule has 18 heavy (non-hydrogen) atoms. The molecular formula is C13H13BrN2O2. The van der Waals surface area contributed by atoms with Crippen molar-refractivity contribution >= 4 is 33.2 Å². The Morgan fingerprint density at radius 3 is 2.33 bits per heavy atom. The molecule has 4 nitrogen and oxygen atoms in total. The second-order valence-corrected chi connectivity index (χ2v) is 4.78. The molecule has 0 aliphatic carbocycles. The minimum atomic E-state index is -0.265. The zero-order valence-electron chi connectivity index (χ0n) is 10.1. The fourth-order valence-corrected chi connectivity index (χ4v) is 1.78. The maximum absolute atomic E-state index is 11.8. The van der Waals surface area contributed by atoms with Gasteiger partial charge in [-0.05, 0) is 52.3 Å². The lowest BCUT2D eigenvalue weighted by Gasteiger charge is -2.12. The molecule has 2 aromatic rings. The fourth-order valence-electron chi connectivity index (χ4n) is 1.47. The van der Waals surface area contributed by atoms with Gasteiger partial charge in [0.25, 0.3) is 5.91 Å². The van der Waals surface area contributed by atoms with Crippen molar-refractivity contribution in [1.82, 2.24) is 0 Å². The van der Waals surface area contributed by atoms with Crippen LogP contribution in [0.25, 0.3) is 0 Å². The van der Waals surface area contributed by atoms with Crippen molar-refractivity contribution in [3.63, 3.8) is 0 Å². The number of benzene rings is 1. The molecule has 5 heteroatoms. The van der Waals surface area contributed by atoms with Gasteiger partial charge >= 0.3 is 0 Å². The van der Waals surface area contributed by atoms with Crippen molar-refractivity contribution in [3.8, 4) is 0 Å². The number of halogens is 1. The van der Waals surface area contributed by atoms with Crippen LogP contribution in [0.2, 0.25) is 0 Å². The molecule has 1 aromatic heterocycles. The smallest absolute Gasteiger partial charge is 0.291 e. The third kappa shape index (κ3) is 2.92. The summed E-state index contributed by atoms with van der Waals surface area (Å²) in [7, 11) is 3.93. The summed E-state index contributed by atoms with van der Waals surface area (Å²) in [6, 6.07) is 10.9. The van der Waals surface area contributed by atoms with Crippen LogP contribution in [0.15, 0.2) is 45.5 Å². The van der Waals surface area contributed by atoms with Crippen LogP contribution in [-0.2, 0) is 0 Å². The Morgan fingerprint density at radius 1 is 1.17 bits per heavy atom. The van der Waals surface area contributed by atoms with Crippen molar-refractivity contribution in [1.29, 1.82) is 0 Å². The van der Waals surface area contributed by atoms with E-state index in [2.05, 4.69) is 21.2 Å². The maximum atomic E-state index is 11.8. The largest absolute Gasteiger partial charge is 0.444 e. The molecule has 1 aromatic carbocycles. The van der Waals surface area contributed by atoms with Gasteiger partial charge in [0.1, 0.15) is 0 Å². The van der Waals surface area contributed by atoms with Gasteiger partial charge in [-0.15, -0.1) is 0 Å². The molecule has 0 unspecified atom stereocenters. The van der Waals surface area contributed by atoms with Crippen LogP contribution in [0.4, 0.5) is 11.4 Å². The highest BCUT2D eigenvalue weighted by atomic mass is 79.9. The standard InChI is InChI=1S/C13H13BrN2O2/c1-16(2)10-5-3-9(4-6-10)15-13(17)11-7-8-12(14)18-11/h3-8H,1-2H3,(H,15,17). The van der Waals surface area contributed by atoms with Crippen LogP contribution >= 0.6 is 15.9 Å². The molecule has 1 N–H and O–H groups in total. The molecule has 2 rings (SSSR count). The van der Waals surface area contributed by atoms with Gasteiger partial charge in [0.2, 0.25) is 0 Å². The van der Waals surface area contributed by atoms with Gasteiger partial charge in [0.15, 0.2) is 10.4 Å². The molecule has 0 atom stereocenters. The van der Waals surface area contributed by atoms with E-state index in [9.17, 15) is 4.79 Å². The summed E-state index contributed by atoms with van der Waals surface area (Å²) < 4.78 is 5.71. The molecule has 0 saturated heterocycles. The molecule has 1 amide bonds. The van der Waals surface area contributed by atoms with Crippen LogP contribution in [0.3, 0.4) is 0 Å². The van der Waals surface area contributed by atoms with Crippen molar-refractivity contribution < 1.29 is 9.21 Å². The van der Waals surface area contributed by atoms with Gasteiger partial charge in [-0.25, -0.2) is 0 Å². The fraction of sp³-hybridized carbons (Fsp3) is 0.154. The number of carbonyl (C=O) groups is 1. The van der Waals surface area contributed by atoms with Gasteiger partial charge in [0, 0.05) is 25.5 Å². The van der Waals surface area contributed by atoms with Crippen LogP contribution < -0.4 is 10.2 Å². The van der Waals surface area contributed by atoms with E-state index in [0.29, 0.717) is 4.67 Å². The zero-order chi connectivity index (χ0) is 13.1. The average molecular weight is 309 g/mol. The minimum Gasteiger partial charge on any atom is -0.444 e. The molecule has 0 spiro atoms. The van der Waals surface area contributed by atoms with Gasteiger partial charge in [-0.3, -0.25) is 4.79 Å². The summed E-state index contributed by atoms with van der Waals surface area (Å²) in [6.45, 7) is 0. The van der Waals surface area contributed by atoms with Crippen LogP contribution in [0.5, 0.6) is 0 Å². The highest BCUT2D eigenvalue weighted by Crippen LogP contribution is 2.18. The highest BCUT2D eigenvalue weighted by Gasteiger charge is 2.10. The second-order valence-electron chi connectivity index (χ2n) is 4.00. The SMILES string of the molecule is CN(C)c1ccc(NC(=O)c2ccc(Br)o2)cc1. The van der Waals surface area contributed by atoms with E-state index in [1.165, 1.54) is 0 Å². The second kappa shape index (κ2) is 5.27. The molecule has 94 valence electrons. The zero-order valence-corrected chi connectivity index (χ0v) is 11.7. The lowest BCUT2D eigenvalue weighted by molar-refractivity contribution is 0.0995. The molecule has 0 aliphatic heterocycles. The normalized spacial score (nSPS) is 10.2. The first-order valence-corrected chi connectivity index (χ1v) is 6.19. The Balaban J connectivity index is 2.07. The predicted molar refractivity (Wildman–Crippen MR) is 75.1 cm³/mol. The van der Waals surface area contributed by atoms with E-state index in [1.807, 2.05) is 43.3 Å². The number of rotatable bonds is 3. The monoisotopic (exact) mass is 308 g/mol. The molecule has 0 aliphatic rings. The number of carbonyl (C=O) groups excluding carboxylic acids is 1. The molecule has 0 saturated carbocycles. The van der Waals surface area contributed by atoms with Crippen molar-refractivity contribution in [2.75, 3.05) is 24.3 Å². The Labute approximate surface area is 114 Å². The third-order valence-corrected chi connectivity index (χ3v) is 2.86. The number of amides is 1. The number of nitrogens with zero attached hydrogens (tertiary/aromatic N) is 1. The van der Waals surface area contributed by atoms with Crippen LogP contribution in [0, 0.1) is 0 Å². The number of anilines is 2. The average Bonchev–Trinajstić information content (AvgIpc) is 2.76. The van der Waals surface area contributed by atoms with Crippen molar-refractivity contribution in [2.45, 2.75) is 0 Å². The molecule has 0 fully saturated rings. The lowest BCUT2D eigenvalue weighted by Crippen LogP contribution is -2.11. The third-order valence-electron chi connectivity index (χ3n) is 2.44. The number of hydrogen-bond donors (Lipinski definition) is 1. The van der Waals surface area contributed by atoms with Gasteiger partial charge in [-0.2, -0.15) is 0 Å². The molecular weight excluding hydrogens is 296 g/mol. The summed E-state index contributed by atoms with van der Waals surface area (Å²) in [6.07, 6.45) is 0. The summed E-state index contributed by atoms with van der Waals surface area (Å²) in [4.78, 5) is 13.8. The topological polar surface area (TPSA) is 45.5 Å². The highest BCUT2D eigenvalue weighted by molar-refractivity contribution is 9.10. The van der Waals surface area contributed by atoms with Gasteiger partial charge in [-0.1, -0.05) is 0 Å². The lowest BCUT2D eigenvalue weighted by atomic mass is 10.2. The Bertz CT molecular complexity index is 546. The van der Waals surface area contributed by atoms with E-state index in [1.54, 1.807) is 12.1 Å². The first kappa shape index (κ1) is 12.7. The molecule has 0 bridgehead atoms. The maximum Gasteiger partial charge on any atom is 0.291 e. The number of nitrogens with one attached hydrogen (secondary N) is 1. The van der Waals surface area contributed by atoms with Crippen LogP contribution in [0.1, 0.15) is 10.6 Å². The molecule has 0 radical (unpaired) electrons. The van der Waals surface area contributed by atoms with Crippen LogP contribution in [-0.4, -0.2) is 20.0 Å². The van der Waals surface area contributed by atoms with E-state index in [-0.39, 0.29) is 11.7 Å². The summed E-state index contributed by atoms with van der Waals surface area (Å²) in [5, 5.41) is 2.77. The Hall–Kier alpha value is -1.75. The van der Waals surface area contributed by atoms with Gasteiger partial charge in [0.05, 0.1) is 0 Å². The van der Waals surface area contributed by atoms with Gasteiger partial charge < -0.3 is 14.6 Å². The van der Waals surface area contributed by atoms with E-state index in [4.69, 9.17) is 4.42 Å². The number of furan rings is 1. The van der Waals surface area contributed by atoms with E-state index >= 15 is 0 Å². The van der Waals surface area contributed by atoms with E-state index in [0.717, 1.165) is 11.4 Å². The quantitative estimate of drug-likeness (QED) is 0.945. The number of hydrogen-bond acceptors (Lipinski definition) is 3. The first-order valence-electron chi connectivity index (χ1n) is 5.40. The first-order chi connectivity index (χ1) is 8.56. The Kier molecular flexibility index (Phi) is 3.72. The minimum absolute atomic E-state index is 0.265. The summed E-state index contributed by atoms with van der Waals surface area (Å²) >= 11 is 3.16. The summed E-state index contributed by atoms with van der Waals surface area (Å²) in [5.41, 5.74) is 1.81.